The SMILES string of the molecule is C/C(=C/N)[N+]1(c2ccc3nc(N)sc3c2)CC1. The van der Waals surface area contributed by atoms with Crippen LogP contribution in [0, 0.1) is 0 Å². The van der Waals surface area contributed by atoms with E-state index in [4.69, 9.17) is 11.5 Å². The summed E-state index contributed by atoms with van der Waals surface area (Å²) < 4.78 is 2.03. The number of aromatic nitrogens is 1. The van der Waals surface area contributed by atoms with Crippen LogP contribution in [0.2, 0.25) is 0 Å². The van der Waals surface area contributed by atoms with E-state index in [1.54, 1.807) is 6.20 Å². The Kier molecular flexibility index (Phi) is 2.14. The van der Waals surface area contributed by atoms with Crippen molar-refractivity contribution in [1.82, 2.24) is 9.47 Å². The second-order valence-corrected chi connectivity index (χ2v) is 5.49. The predicted octanol–water partition coefficient (Wildman–Crippen LogP) is 2.02. The fourth-order valence-corrected chi connectivity index (χ4v) is 3.02. The molecular formula is C12H15N4S+. The first-order chi connectivity index (χ1) is 8.15. The molecule has 88 valence electrons. The molecule has 0 amide bonds. The second kappa shape index (κ2) is 3.45. The van der Waals surface area contributed by atoms with E-state index in [2.05, 4.69) is 24.0 Å². The zero-order valence-corrected chi connectivity index (χ0v) is 10.5. The summed E-state index contributed by atoms with van der Waals surface area (Å²) in [6.45, 7) is 4.33. The molecule has 17 heavy (non-hydrogen) atoms. The molecule has 4 nitrogen and oxygen atoms in total. The monoisotopic (exact) mass is 247 g/mol. The van der Waals surface area contributed by atoms with Crippen LogP contribution in [-0.4, -0.2) is 18.1 Å². The molecule has 1 aromatic carbocycles. The maximum absolute atomic E-state index is 5.72. The van der Waals surface area contributed by atoms with E-state index in [1.807, 2.05) is 6.07 Å². The van der Waals surface area contributed by atoms with Crippen LogP contribution in [-0.2, 0) is 0 Å². The Morgan fingerprint density at radius 3 is 2.88 bits per heavy atom. The molecule has 1 saturated heterocycles. The topological polar surface area (TPSA) is 64.9 Å². The summed E-state index contributed by atoms with van der Waals surface area (Å²) >= 11 is 1.54. The lowest BCUT2D eigenvalue weighted by Crippen LogP contribution is -2.24. The van der Waals surface area contributed by atoms with Crippen LogP contribution >= 0.6 is 11.3 Å². The minimum atomic E-state index is 0.626. The Morgan fingerprint density at radius 1 is 1.47 bits per heavy atom. The van der Waals surface area contributed by atoms with Gasteiger partial charge in [0.05, 0.1) is 16.4 Å². The van der Waals surface area contributed by atoms with E-state index in [0.717, 1.165) is 27.8 Å². The largest absolute Gasteiger partial charge is 0.400 e. The minimum Gasteiger partial charge on any atom is -0.400 e. The van der Waals surface area contributed by atoms with E-state index in [9.17, 15) is 0 Å². The van der Waals surface area contributed by atoms with Gasteiger partial charge in [-0.15, -0.1) is 0 Å². The molecule has 0 bridgehead atoms. The minimum absolute atomic E-state index is 0.626. The van der Waals surface area contributed by atoms with Gasteiger partial charge in [0.1, 0.15) is 24.5 Å². The highest BCUT2D eigenvalue weighted by Gasteiger charge is 2.46. The van der Waals surface area contributed by atoms with Gasteiger partial charge in [0.15, 0.2) is 5.13 Å². The molecule has 0 radical (unpaired) electrons. The van der Waals surface area contributed by atoms with Gasteiger partial charge < -0.3 is 11.5 Å². The third kappa shape index (κ3) is 1.50. The number of rotatable bonds is 2. The van der Waals surface area contributed by atoms with Crippen LogP contribution in [0.4, 0.5) is 10.8 Å². The molecule has 2 aromatic rings. The average Bonchev–Trinajstić information content (AvgIpc) is 3.04. The second-order valence-electron chi connectivity index (χ2n) is 4.43. The van der Waals surface area contributed by atoms with Gasteiger partial charge in [0.25, 0.3) is 0 Å². The maximum atomic E-state index is 5.72. The molecule has 1 aromatic heterocycles. The smallest absolute Gasteiger partial charge is 0.181 e. The summed E-state index contributed by atoms with van der Waals surface area (Å²) in [6, 6.07) is 6.35. The molecule has 1 fully saturated rings. The van der Waals surface area contributed by atoms with Crippen LogP contribution in [0.3, 0.4) is 0 Å². The standard InChI is InChI=1S/C12H15N4S/c1-8(7-13)16(4-5-16)9-2-3-10-11(6-9)17-12(14)15-10/h2-3,6-7H,4-5,13H2,1H3,(H2,14,15)/q+1/b8-7-. The van der Waals surface area contributed by atoms with Gasteiger partial charge >= 0.3 is 0 Å². The molecular weight excluding hydrogens is 232 g/mol. The first-order valence-electron chi connectivity index (χ1n) is 5.58. The first-order valence-corrected chi connectivity index (χ1v) is 6.40. The van der Waals surface area contributed by atoms with Crippen molar-refractivity contribution in [3.63, 3.8) is 0 Å². The van der Waals surface area contributed by atoms with Gasteiger partial charge in [-0.05, 0) is 6.07 Å². The molecule has 0 spiro atoms. The number of allylic oxidation sites excluding steroid dienone is 1. The molecule has 1 aliphatic rings. The number of anilines is 1. The highest BCUT2D eigenvalue weighted by molar-refractivity contribution is 7.22. The van der Waals surface area contributed by atoms with Crippen molar-refractivity contribution in [2.24, 2.45) is 5.73 Å². The molecule has 5 heteroatoms. The number of benzene rings is 1. The van der Waals surface area contributed by atoms with Crippen molar-refractivity contribution < 1.29 is 0 Å². The highest BCUT2D eigenvalue weighted by Crippen LogP contribution is 2.39. The van der Waals surface area contributed by atoms with Gasteiger partial charge in [-0.25, -0.2) is 4.98 Å². The lowest BCUT2D eigenvalue weighted by atomic mass is 10.2. The Balaban J connectivity index is 2.12. The summed E-state index contributed by atoms with van der Waals surface area (Å²) in [6.07, 6.45) is 1.71. The lowest BCUT2D eigenvalue weighted by molar-refractivity contribution is 0.660. The number of quaternary nitrogens is 1. The molecule has 0 saturated carbocycles. The Bertz CT molecular complexity index is 610. The summed E-state index contributed by atoms with van der Waals surface area (Å²) in [4.78, 5) is 4.27. The van der Waals surface area contributed by atoms with Crippen LogP contribution in [0.15, 0.2) is 30.1 Å². The van der Waals surface area contributed by atoms with Gasteiger partial charge in [0.2, 0.25) is 0 Å². The number of nitrogens with zero attached hydrogens (tertiary/aromatic N) is 2. The molecule has 0 unspecified atom stereocenters. The van der Waals surface area contributed by atoms with Crippen molar-refractivity contribution in [2.75, 3.05) is 18.8 Å². The Morgan fingerprint density at radius 2 is 2.24 bits per heavy atom. The molecule has 2 heterocycles. The van der Waals surface area contributed by atoms with E-state index >= 15 is 0 Å². The van der Waals surface area contributed by atoms with Gasteiger partial charge in [-0.3, -0.25) is 4.48 Å². The summed E-state index contributed by atoms with van der Waals surface area (Å²) in [5, 5.41) is 0.626. The number of nitrogens with two attached hydrogens (primary N) is 2. The molecule has 0 aliphatic carbocycles. The summed E-state index contributed by atoms with van der Waals surface area (Å²) in [7, 11) is 0. The quantitative estimate of drug-likeness (QED) is 0.630. The number of hydrogen-bond acceptors (Lipinski definition) is 4. The summed E-state index contributed by atoms with van der Waals surface area (Å²) in [5.41, 5.74) is 14.8. The van der Waals surface area contributed by atoms with E-state index in [-0.39, 0.29) is 0 Å². The van der Waals surface area contributed by atoms with Crippen molar-refractivity contribution in [3.05, 3.63) is 30.1 Å². The number of nitrogen functional groups attached to an aromatic ring is 1. The molecule has 0 atom stereocenters. The van der Waals surface area contributed by atoms with Crippen LogP contribution in [0.5, 0.6) is 0 Å². The molecule has 4 N–H and O–H groups in total. The number of thiazole rings is 1. The van der Waals surface area contributed by atoms with E-state index in [1.165, 1.54) is 22.7 Å². The van der Waals surface area contributed by atoms with Crippen molar-refractivity contribution in [1.29, 1.82) is 0 Å². The van der Waals surface area contributed by atoms with Crippen LogP contribution < -0.4 is 16.0 Å². The number of fused-ring (bicyclic) bond motifs is 1. The fourth-order valence-electron chi connectivity index (χ4n) is 2.25. The zero-order chi connectivity index (χ0) is 12.0. The Labute approximate surface area is 104 Å². The number of hydrogen-bond donors (Lipinski definition) is 2. The lowest BCUT2D eigenvalue weighted by Gasteiger charge is -2.17. The highest BCUT2D eigenvalue weighted by atomic mass is 32.1. The first kappa shape index (κ1) is 10.6. The molecule has 3 rings (SSSR count). The average molecular weight is 247 g/mol. The predicted molar refractivity (Wildman–Crippen MR) is 73.5 cm³/mol. The van der Waals surface area contributed by atoms with Crippen molar-refractivity contribution in [2.45, 2.75) is 6.92 Å². The van der Waals surface area contributed by atoms with Crippen LogP contribution in [0.1, 0.15) is 6.92 Å². The van der Waals surface area contributed by atoms with E-state index in [0.29, 0.717) is 5.13 Å². The van der Waals surface area contributed by atoms with Gasteiger partial charge in [-0.1, -0.05) is 11.3 Å². The summed E-state index contributed by atoms with van der Waals surface area (Å²) in [5.74, 6) is 0. The van der Waals surface area contributed by atoms with Gasteiger partial charge in [0, 0.05) is 19.1 Å². The fraction of sp³-hybridized carbons (Fsp3) is 0.250. The van der Waals surface area contributed by atoms with Crippen molar-refractivity contribution in [3.8, 4) is 0 Å². The Hall–Kier alpha value is -1.59. The third-order valence-electron chi connectivity index (χ3n) is 3.47. The van der Waals surface area contributed by atoms with E-state index < -0.39 is 0 Å². The normalized spacial score (nSPS) is 18.5. The van der Waals surface area contributed by atoms with Gasteiger partial charge in [-0.2, -0.15) is 0 Å². The molecule has 1 aliphatic heterocycles. The zero-order valence-electron chi connectivity index (χ0n) is 9.68. The third-order valence-corrected chi connectivity index (χ3v) is 4.32. The van der Waals surface area contributed by atoms with Crippen LogP contribution in [0.25, 0.3) is 10.2 Å². The maximum Gasteiger partial charge on any atom is 0.181 e. The van der Waals surface area contributed by atoms with Crippen molar-refractivity contribution >= 4 is 32.4 Å².